The van der Waals surface area contributed by atoms with Gasteiger partial charge >= 0.3 is 0 Å². The van der Waals surface area contributed by atoms with Gasteiger partial charge in [0.05, 0.1) is 18.4 Å². The van der Waals surface area contributed by atoms with E-state index in [-0.39, 0.29) is 22.9 Å². The quantitative estimate of drug-likeness (QED) is 0.834. The number of ether oxygens (including phenoxy) is 1. The molecule has 2 unspecified atom stereocenters. The average Bonchev–Trinajstić information content (AvgIpc) is 2.56. The SMILES string of the molecule is Cc1c(S(=O)(=O)N2CC(C)OCC2C)c(N)nn1C. The van der Waals surface area contributed by atoms with E-state index in [4.69, 9.17) is 10.5 Å². The lowest BCUT2D eigenvalue weighted by Crippen LogP contribution is -2.50. The molecule has 2 heterocycles. The van der Waals surface area contributed by atoms with Crippen molar-refractivity contribution in [1.82, 2.24) is 14.1 Å². The molecule has 8 heteroatoms. The second kappa shape index (κ2) is 4.77. The summed E-state index contributed by atoms with van der Waals surface area (Å²) in [4.78, 5) is 0.107. The van der Waals surface area contributed by atoms with E-state index in [1.54, 1.807) is 14.0 Å². The largest absolute Gasteiger partial charge is 0.381 e. The van der Waals surface area contributed by atoms with Crippen LogP contribution in [0.5, 0.6) is 0 Å². The zero-order valence-electron chi connectivity index (χ0n) is 11.6. The van der Waals surface area contributed by atoms with Crippen LogP contribution in [0.2, 0.25) is 0 Å². The second-order valence-electron chi connectivity index (χ2n) is 4.99. The number of nitrogens with zero attached hydrogens (tertiary/aromatic N) is 3. The molecule has 1 saturated heterocycles. The number of hydrogen-bond acceptors (Lipinski definition) is 5. The van der Waals surface area contributed by atoms with E-state index in [9.17, 15) is 8.42 Å². The van der Waals surface area contributed by atoms with Crippen LogP contribution in [0.25, 0.3) is 0 Å². The lowest BCUT2D eigenvalue weighted by molar-refractivity contribution is -0.0170. The predicted molar refractivity (Wildman–Crippen MR) is 71.1 cm³/mol. The first kappa shape index (κ1) is 14.3. The molecular formula is C11H20N4O3S. The number of hydrogen-bond donors (Lipinski definition) is 1. The van der Waals surface area contributed by atoms with Crippen molar-refractivity contribution in [3.63, 3.8) is 0 Å². The van der Waals surface area contributed by atoms with Crippen LogP contribution in [0.15, 0.2) is 4.90 Å². The number of aromatic nitrogens is 2. The Balaban J connectivity index is 2.47. The monoisotopic (exact) mass is 288 g/mol. The highest BCUT2D eigenvalue weighted by Crippen LogP contribution is 2.28. The number of rotatable bonds is 2. The van der Waals surface area contributed by atoms with Crippen molar-refractivity contribution >= 4 is 15.8 Å². The number of anilines is 1. The van der Waals surface area contributed by atoms with Crippen LogP contribution in [0.3, 0.4) is 0 Å². The van der Waals surface area contributed by atoms with Crippen LogP contribution in [0.1, 0.15) is 19.5 Å². The van der Waals surface area contributed by atoms with E-state index >= 15 is 0 Å². The molecule has 0 aliphatic carbocycles. The number of nitrogens with two attached hydrogens (primary N) is 1. The summed E-state index contributed by atoms with van der Waals surface area (Å²) in [5.74, 6) is 0.0475. The zero-order chi connectivity index (χ0) is 14.4. The van der Waals surface area contributed by atoms with Crippen molar-refractivity contribution < 1.29 is 13.2 Å². The molecule has 0 amide bonds. The van der Waals surface area contributed by atoms with E-state index in [0.717, 1.165) is 0 Å². The maximum absolute atomic E-state index is 12.7. The van der Waals surface area contributed by atoms with Gasteiger partial charge in [-0.3, -0.25) is 4.68 Å². The van der Waals surface area contributed by atoms with Gasteiger partial charge in [-0.2, -0.15) is 9.40 Å². The van der Waals surface area contributed by atoms with Crippen LogP contribution in [0.4, 0.5) is 5.82 Å². The summed E-state index contributed by atoms with van der Waals surface area (Å²) in [5, 5.41) is 3.97. The first-order chi connectivity index (χ1) is 8.75. The van der Waals surface area contributed by atoms with Gasteiger partial charge in [-0.1, -0.05) is 0 Å². The molecule has 0 spiro atoms. The van der Waals surface area contributed by atoms with Crippen molar-refractivity contribution in [1.29, 1.82) is 0 Å². The van der Waals surface area contributed by atoms with Gasteiger partial charge in [0.2, 0.25) is 10.0 Å². The molecule has 2 atom stereocenters. The van der Waals surface area contributed by atoms with Gasteiger partial charge in [0.1, 0.15) is 4.90 Å². The Morgan fingerprint density at radius 3 is 2.58 bits per heavy atom. The molecule has 1 aromatic rings. The summed E-state index contributed by atoms with van der Waals surface area (Å²) in [6, 6.07) is -0.208. The predicted octanol–water partition coefficient (Wildman–Crippen LogP) is 0.109. The Morgan fingerprint density at radius 2 is 2.05 bits per heavy atom. The molecule has 2 rings (SSSR count). The fourth-order valence-corrected chi connectivity index (χ4v) is 4.24. The lowest BCUT2D eigenvalue weighted by Gasteiger charge is -2.35. The lowest BCUT2D eigenvalue weighted by atomic mass is 10.2. The van der Waals surface area contributed by atoms with Crippen LogP contribution < -0.4 is 5.73 Å². The van der Waals surface area contributed by atoms with Gasteiger partial charge in [0, 0.05) is 19.6 Å². The number of aryl methyl sites for hydroxylation is 1. The van der Waals surface area contributed by atoms with Crippen LogP contribution >= 0.6 is 0 Å². The molecular weight excluding hydrogens is 268 g/mol. The molecule has 19 heavy (non-hydrogen) atoms. The highest BCUT2D eigenvalue weighted by molar-refractivity contribution is 7.89. The van der Waals surface area contributed by atoms with E-state index in [1.165, 1.54) is 8.99 Å². The summed E-state index contributed by atoms with van der Waals surface area (Å²) >= 11 is 0. The smallest absolute Gasteiger partial charge is 0.249 e. The van der Waals surface area contributed by atoms with Gasteiger partial charge in [-0.05, 0) is 20.8 Å². The summed E-state index contributed by atoms with van der Waals surface area (Å²) in [7, 11) is -1.96. The second-order valence-corrected chi connectivity index (χ2v) is 6.82. The Bertz CT molecular complexity index is 581. The van der Waals surface area contributed by atoms with Gasteiger partial charge < -0.3 is 10.5 Å². The summed E-state index contributed by atoms with van der Waals surface area (Å²) in [5.41, 5.74) is 6.29. The summed E-state index contributed by atoms with van der Waals surface area (Å²) in [6.45, 7) is 6.10. The van der Waals surface area contributed by atoms with Gasteiger partial charge in [0.15, 0.2) is 5.82 Å². The molecule has 1 aromatic heterocycles. The highest BCUT2D eigenvalue weighted by atomic mass is 32.2. The Hall–Kier alpha value is -1.12. The van der Waals surface area contributed by atoms with Crippen molar-refractivity contribution in [2.45, 2.75) is 37.8 Å². The van der Waals surface area contributed by atoms with E-state index in [2.05, 4.69) is 5.10 Å². The molecule has 0 saturated carbocycles. The molecule has 0 bridgehead atoms. The van der Waals surface area contributed by atoms with Crippen molar-refractivity contribution in [2.75, 3.05) is 18.9 Å². The molecule has 1 aliphatic rings. The molecule has 0 aromatic carbocycles. The molecule has 7 nitrogen and oxygen atoms in total. The molecule has 1 aliphatic heterocycles. The molecule has 1 fully saturated rings. The Kier molecular flexibility index (Phi) is 3.59. The molecule has 108 valence electrons. The minimum Gasteiger partial charge on any atom is -0.381 e. The third-order valence-electron chi connectivity index (χ3n) is 3.42. The van der Waals surface area contributed by atoms with E-state index < -0.39 is 10.0 Å². The van der Waals surface area contributed by atoms with Crippen LogP contribution in [-0.2, 0) is 21.8 Å². The zero-order valence-corrected chi connectivity index (χ0v) is 12.4. The fourth-order valence-electron chi connectivity index (χ4n) is 2.26. The third kappa shape index (κ3) is 2.35. The van der Waals surface area contributed by atoms with E-state index in [0.29, 0.717) is 18.8 Å². The average molecular weight is 288 g/mol. The van der Waals surface area contributed by atoms with Crippen molar-refractivity contribution in [3.8, 4) is 0 Å². The number of morpholine rings is 1. The molecule has 0 radical (unpaired) electrons. The van der Waals surface area contributed by atoms with Crippen LogP contribution in [-0.4, -0.2) is 47.8 Å². The normalized spacial score (nSPS) is 25.7. The topological polar surface area (TPSA) is 90.4 Å². The summed E-state index contributed by atoms with van der Waals surface area (Å²) < 4.78 is 33.9. The minimum atomic E-state index is -3.64. The first-order valence-corrected chi connectivity index (χ1v) is 7.61. The first-order valence-electron chi connectivity index (χ1n) is 6.17. The number of sulfonamides is 1. The van der Waals surface area contributed by atoms with Gasteiger partial charge in [-0.15, -0.1) is 0 Å². The summed E-state index contributed by atoms with van der Waals surface area (Å²) in [6.07, 6.45) is -0.121. The van der Waals surface area contributed by atoms with E-state index in [1.807, 2.05) is 13.8 Å². The highest BCUT2D eigenvalue weighted by Gasteiger charge is 2.37. The fraction of sp³-hybridized carbons (Fsp3) is 0.727. The van der Waals surface area contributed by atoms with Crippen molar-refractivity contribution in [3.05, 3.63) is 5.69 Å². The van der Waals surface area contributed by atoms with Crippen LogP contribution in [0, 0.1) is 6.92 Å². The van der Waals surface area contributed by atoms with Gasteiger partial charge in [-0.25, -0.2) is 8.42 Å². The number of nitrogen functional groups attached to an aromatic ring is 1. The standard InChI is InChI=1S/C11H20N4O3S/c1-7-6-18-8(2)5-15(7)19(16,17)10-9(3)14(4)13-11(10)12/h7-8H,5-6H2,1-4H3,(H2,12,13). The van der Waals surface area contributed by atoms with Gasteiger partial charge in [0.25, 0.3) is 0 Å². The third-order valence-corrected chi connectivity index (χ3v) is 5.57. The van der Waals surface area contributed by atoms with Crippen molar-refractivity contribution in [2.24, 2.45) is 7.05 Å². The Labute approximate surface area is 113 Å². The minimum absolute atomic E-state index is 0.0475. The molecule has 2 N–H and O–H groups in total. The Morgan fingerprint density at radius 1 is 1.42 bits per heavy atom. The maximum Gasteiger partial charge on any atom is 0.249 e. The maximum atomic E-state index is 12.7.